The predicted molar refractivity (Wildman–Crippen MR) is 88.5 cm³/mol. The van der Waals surface area contributed by atoms with Gasteiger partial charge in [0.05, 0.1) is 13.2 Å². The first-order chi connectivity index (χ1) is 11.6. The van der Waals surface area contributed by atoms with E-state index in [4.69, 9.17) is 14.6 Å². The molecule has 126 valence electrons. The highest BCUT2D eigenvalue weighted by Gasteiger charge is 2.26. The van der Waals surface area contributed by atoms with Crippen LogP contribution in [0, 0.1) is 0 Å². The average molecular weight is 347 g/mol. The number of rotatable bonds is 5. The summed E-state index contributed by atoms with van der Waals surface area (Å²) < 4.78 is 10.9. The summed E-state index contributed by atoms with van der Waals surface area (Å²) in [7, 11) is 0. The standard InChI is InChI=1S/C17H17NO5S/c19-16(20)10-23-14-3-1-2-12(8-14)17(21)18-5-6-22-15(9-18)13-4-7-24-11-13/h1-4,7-8,11,15H,5-6,9-10H2,(H,19,20)/t15-/m0/s1. The van der Waals surface area contributed by atoms with Crippen molar-refractivity contribution in [2.24, 2.45) is 0 Å². The molecule has 24 heavy (non-hydrogen) atoms. The molecule has 1 fully saturated rings. The van der Waals surface area contributed by atoms with Crippen LogP contribution in [-0.2, 0) is 9.53 Å². The first kappa shape index (κ1) is 16.5. The largest absolute Gasteiger partial charge is 0.482 e. The van der Waals surface area contributed by atoms with E-state index in [1.807, 2.05) is 16.8 Å². The number of carbonyl (C=O) groups excluding carboxylic acids is 1. The summed E-state index contributed by atoms with van der Waals surface area (Å²) in [6.45, 7) is 1.08. The molecule has 1 aromatic carbocycles. The highest BCUT2D eigenvalue weighted by atomic mass is 32.1. The number of amides is 1. The third-order valence-corrected chi connectivity index (χ3v) is 4.41. The van der Waals surface area contributed by atoms with Crippen LogP contribution in [-0.4, -0.2) is 48.2 Å². The second-order valence-corrected chi connectivity index (χ2v) is 6.16. The van der Waals surface area contributed by atoms with Crippen LogP contribution in [0.3, 0.4) is 0 Å². The summed E-state index contributed by atoms with van der Waals surface area (Å²) in [4.78, 5) is 25.0. The monoisotopic (exact) mass is 347 g/mol. The van der Waals surface area contributed by atoms with E-state index >= 15 is 0 Å². The molecule has 0 aliphatic carbocycles. The van der Waals surface area contributed by atoms with Crippen LogP contribution >= 0.6 is 11.3 Å². The van der Waals surface area contributed by atoms with Gasteiger partial charge in [-0.15, -0.1) is 0 Å². The Balaban J connectivity index is 1.69. The molecule has 1 aromatic heterocycles. The Kier molecular flexibility index (Phi) is 5.12. The summed E-state index contributed by atoms with van der Waals surface area (Å²) in [5, 5.41) is 12.7. The van der Waals surface area contributed by atoms with Crippen molar-refractivity contribution in [1.82, 2.24) is 4.90 Å². The van der Waals surface area contributed by atoms with Gasteiger partial charge >= 0.3 is 5.97 Å². The Bertz CT molecular complexity index is 716. The Labute approximate surface area is 143 Å². The Morgan fingerprint density at radius 1 is 1.38 bits per heavy atom. The van der Waals surface area contributed by atoms with Crippen molar-refractivity contribution < 1.29 is 24.2 Å². The van der Waals surface area contributed by atoms with Crippen molar-refractivity contribution in [3.05, 3.63) is 52.2 Å². The molecule has 1 N–H and O–H groups in total. The third-order valence-electron chi connectivity index (χ3n) is 3.71. The maximum atomic E-state index is 12.7. The summed E-state index contributed by atoms with van der Waals surface area (Å²) in [5.74, 6) is -0.802. The highest BCUT2D eigenvalue weighted by Crippen LogP contribution is 2.25. The van der Waals surface area contributed by atoms with Crippen LogP contribution in [0.15, 0.2) is 41.1 Å². The SMILES string of the molecule is O=C(O)COc1cccc(C(=O)N2CCO[C@H](c3ccsc3)C2)c1. The fraction of sp³-hybridized carbons (Fsp3) is 0.294. The fourth-order valence-electron chi connectivity index (χ4n) is 2.54. The molecule has 0 saturated carbocycles. The highest BCUT2D eigenvalue weighted by molar-refractivity contribution is 7.07. The van der Waals surface area contributed by atoms with E-state index < -0.39 is 12.6 Å². The number of thiophene rings is 1. The van der Waals surface area contributed by atoms with E-state index in [9.17, 15) is 9.59 Å². The van der Waals surface area contributed by atoms with E-state index in [0.717, 1.165) is 5.56 Å². The third kappa shape index (κ3) is 3.93. The molecule has 1 atom stereocenters. The number of morpholine rings is 1. The molecule has 1 saturated heterocycles. The Morgan fingerprint density at radius 2 is 2.25 bits per heavy atom. The van der Waals surface area contributed by atoms with Gasteiger partial charge in [-0.2, -0.15) is 11.3 Å². The van der Waals surface area contributed by atoms with E-state index in [0.29, 0.717) is 31.0 Å². The molecule has 0 unspecified atom stereocenters. The van der Waals surface area contributed by atoms with E-state index in [-0.39, 0.29) is 12.0 Å². The lowest BCUT2D eigenvalue weighted by Gasteiger charge is -2.32. The number of carboxylic acids is 1. The normalized spacial score (nSPS) is 17.5. The molecule has 1 aliphatic heterocycles. The lowest BCUT2D eigenvalue weighted by atomic mass is 10.1. The van der Waals surface area contributed by atoms with Crippen LogP contribution in [0.5, 0.6) is 5.75 Å². The maximum Gasteiger partial charge on any atom is 0.341 e. The van der Waals surface area contributed by atoms with Gasteiger partial charge in [0.25, 0.3) is 5.91 Å². The maximum absolute atomic E-state index is 12.7. The molecular formula is C17H17NO5S. The van der Waals surface area contributed by atoms with Gasteiger partial charge < -0.3 is 19.5 Å². The van der Waals surface area contributed by atoms with Gasteiger partial charge in [0.2, 0.25) is 0 Å². The van der Waals surface area contributed by atoms with Gasteiger partial charge in [0, 0.05) is 12.1 Å². The van der Waals surface area contributed by atoms with Gasteiger partial charge in [0.15, 0.2) is 6.61 Å². The zero-order valence-electron chi connectivity index (χ0n) is 12.9. The molecule has 2 aromatic rings. The molecule has 0 radical (unpaired) electrons. The number of ether oxygens (including phenoxy) is 2. The second-order valence-electron chi connectivity index (χ2n) is 5.38. The molecular weight excluding hydrogens is 330 g/mol. The van der Waals surface area contributed by atoms with E-state index in [1.165, 1.54) is 0 Å². The van der Waals surface area contributed by atoms with Gasteiger partial charge in [-0.1, -0.05) is 6.07 Å². The first-order valence-electron chi connectivity index (χ1n) is 7.51. The lowest BCUT2D eigenvalue weighted by molar-refractivity contribution is -0.139. The number of benzene rings is 1. The number of hydrogen-bond acceptors (Lipinski definition) is 5. The zero-order valence-corrected chi connectivity index (χ0v) is 13.7. The summed E-state index contributed by atoms with van der Waals surface area (Å²) in [6.07, 6.45) is -0.111. The van der Waals surface area contributed by atoms with E-state index in [2.05, 4.69) is 0 Å². The molecule has 3 rings (SSSR count). The second kappa shape index (κ2) is 7.46. The minimum atomic E-state index is -1.06. The molecule has 1 aliphatic rings. The topological polar surface area (TPSA) is 76.1 Å². The number of carboxylic acid groups (broad SMARTS) is 1. The van der Waals surface area contributed by atoms with Gasteiger partial charge in [0.1, 0.15) is 11.9 Å². The smallest absolute Gasteiger partial charge is 0.341 e. The first-order valence-corrected chi connectivity index (χ1v) is 8.45. The number of aliphatic carboxylic acids is 1. The van der Waals surface area contributed by atoms with Crippen LogP contribution in [0.2, 0.25) is 0 Å². The van der Waals surface area contributed by atoms with Crippen molar-refractivity contribution in [1.29, 1.82) is 0 Å². The quantitative estimate of drug-likeness (QED) is 0.899. The molecule has 6 nitrogen and oxygen atoms in total. The summed E-state index contributed by atoms with van der Waals surface area (Å²) >= 11 is 1.60. The van der Waals surface area contributed by atoms with E-state index in [1.54, 1.807) is 40.5 Å². The molecule has 0 spiro atoms. The van der Waals surface area contributed by atoms with Gasteiger partial charge in [-0.05, 0) is 40.6 Å². The van der Waals surface area contributed by atoms with Crippen LogP contribution in [0.25, 0.3) is 0 Å². The van der Waals surface area contributed by atoms with Gasteiger partial charge in [-0.3, -0.25) is 4.79 Å². The van der Waals surface area contributed by atoms with Crippen LogP contribution in [0.1, 0.15) is 22.0 Å². The average Bonchev–Trinajstić information content (AvgIpc) is 3.14. The number of hydrogen-bond donors (Lipinski definition) is 1. The van der Waals surface area contributed by atoms with Crippen LogP contribution < -0.4 is 4.74 Å². The summed E-state index contributed by atoms with van der Waals surface area (Å²) in [6, 6.07) is 8.59. The fourth-order valence-corrected chi connectivity index (χ4v) is 3.24. The van der Waals surface area contributed by atoms with Crippen molar-refractivity contribution in [3.8, 4) is 5.75 Å². The number of nitrogens with zero attached hydrogens (tertiary/aromatic N) is 1. The van der Waals surface area contributed by atoms with Gasteiger partial charge in [-0.25, -0.2) is 4.79 Å². The molecule has 2 heterocycles. The lowest BCUT2D eigenvalue weighted by Crippen LogP contribution is -2.42. The zero-order chi connectivity index (χ0) is 16.9. The van der Waals surface area contributed by atoms with Crippen molar-refractivity contribution in [2.45, 2.75) is 6.10 Å². The summed E-state index contributed by atoms with van der Waals surface area (Å²) in [5.41, 5.74) is 1.56. The van der Waals surface area contributed by atoms with Crippen molar-refractivity contribution >= 4 is 23.2 Å². The van der Waals surface area contributed by atoms with Crippen LogP contribution in [0.4, 0.5) is 0 Å². The van der Waals surface area contributed by atoms with Crippen molar-refractivity contribution in [2.75, 3.05) is 26.3 Å². The molecule has 7 heteroatoms. The van der Waals surface area contributed by atoms with Crippen molar-refractivity contribution in [3.63, 3.8) is 0 Å². The minimum absolute atomic E-state index is 0.111. The minimum Gasteiger partial charge on any atom is -0.482 e. The number of carbonyl (C=O) groups is 2. The molecule has 0 bridgehead atoms. The predicted octanol–water partition coefficient (Wildman–Crippen LogP) is 2.43. The molecule has 1 amide bonds. The Hall–Kier alpha value is -2.38. The Morgan fingerprint density at radius 3 is 3.00 bits per heavy atom.